The normalized spacial score (nSPS) is 24.6. The van der Waals surface area contributed by atoms with Crippen LogP contribution in [0.3, 0.4) is 0 Å². The van der Waals surface area contributed by atoms with Gasteiger partial charge in [-0.3, -0.25) is 9.69 Å². The summed E-state index contributed by atoms with van der Waals surface area (Å²) < 4.78 is 97.7. The molecule has 0 bridgehead atoms. The highest BCUT2D eigenvalue weighted by molar-refractivity contribution is 8.13. The van der Waals surface area contributed by atoms with Crippen LogP contribution in [0.15, 0.2) is 0 Å². The van der Waals surface area contributed by atoms with Crippen LogP contribution < -0.4 is 4.13 Å². The number of carbonyl (C=O) groups is 1. The summed E-state index contributed by atoms with van der Waals surface area (Å²) >= 11 is 0. The van der Waals surface area contributed by atoms with E-state index in [2.05, 4.69) is 0 Å². The second-order valence-corrected chi connectivity index (χ2v) is 11.7. The van der Waals surface area contributed by atoms with Gasteiger partial charge >= 0.3 is 20.6 Å². The first-order chi connectivity index (χ1) is 11.7. The maximum absolute atomic E-state index is 14.1. The molecule has 0 saturated carbocycles. The molecule has 1 atom stereocenters. The molecule has 2 aliphatic heterocycles. The van der Waals surface area contributed by atoms with Crippen LogP contribution in [0.25, 0.3) is 0 Å². The standard InChI is InChI=1S/C10H17F2N3O8S3/c1-24(17,18)13-25(19,20)10(11,12)26(21,22)15-5-3-14(4-6-15)8-2-7-23-9(8)16/h8,13H,2-7H2,1H3. The Hall–Kier alpha value is -0.940. The van der Waals surface area contributed by atoms with E-state index in [1.165, 1.54) is 0 Å². The molecule has 1 unspecified atom stereocenters. The highest BCUT2D eigenvalue weighted by atomic mass is 32.3. The zero-order valence-electron chi connectivity index (χ0n) is 13.5. The van der Waals surface area contributed by atoms with Gasteiger partial charge in [-0.05, 0) is 0 Å². The minimum atomic E-state index is -6.05. The SMILES string of the molecule is CS(=O)(=O)NS(=O)(=O)C(F)(F)S(=O)(=O)N1CCN(C2CCOC2=O)CC1. The van der Waals surface area contributed by atoms with Crippen LogP contribution in [0.2, 0.25) is 0 Å². The lowest BCUT2D eigenvalue weighted by molar-refractivity contribution is -0.142. The van der Waals surface area contributed by atoms with Crippen LogP contribution >= 0.6 is 0 Å². The average Bonchev–Trinajstić information content (AvgIpc) is 2.90. The van der Waals surface area contributed by atoms with Crippen molar-refractivity contribution < 1.29 is 43.6 Å². The van der Waals surface area contributed by atoms with Crippen molar-refractivity contribution >= 4 is 36.0 Å². The summed E-state index contributed by atoms with van der Waals surface area (Å²) in [5.74, 6) is -0.494. The number of carbonyl (C=O) groups excluding carboxylic acids is 1. The number of alkyl halides is 2. The maximum Gasteiger partial charge on any atom is 0.474 e. The van der Waals surface area contributed by atoms with Gasteiger partial charge in [0.05, 0.1) is 12.9 Å². The molecular formula is C10H17F2N3O8S3. The maximum atomic E-state index is 14.1. The fraction of sp³-hybridized carbons (Fsp3) is 0.900. The van der Waals surface area contributed by atoms with Gasteiger partial charge in [-0.2, -0.15) is 13.1 Å². The first-order valence-corrected chi connectivity index (χ1v) is 12.0. The number of rotatable bonds is 6. The van der Waals surface area contributed by atoms with Gasteiger partial charge in [0.2, 0.25) is 10.0 Å². The molecule has 2 fully saturated rings. The minimum Gasteiger partial charge on any atom is -0.464 e. The molecule has 11 nitrogen and oxygen atoms in total. The van der Waals surface area contributed by atoms with Crippen molar-refractivity contribution in [3.8, 4) is 0 Å². The van der Waals surface area contributed by atoms with Crippen molar-refractivity contribution in [2.24, 2.45) is 0 Å². The number of halogens is 2. The Balaban J connectivity index is 2.16. The van der Waals surface area contributed by atoms with Crippen molar-refractivity contribution in [3.63, 3.8) is 0 Å². The summed E-state index contributed by atoms with van der Waals surface area (Å²) in [7, 11) is -16.4. The largest absolute Gasteiger partial charge is 0.474 e. The number of hydrogen-bond donors (Lipinski definition) is 1. The third-order valence-electron chi connectivity index (χ3n) is 3.84. The zero-order chi connectivity index (χ0) is 20.0. The smallest absolute Gasteiger partial charge is 0.464 e. The highest BCUT2D eigenvalue weighted by Crippen LogP contribution is 2.32. The third kappa shape index (κ3) is 3.99. The van der Waals surface area contributed by atoms with E-state index in [1.54, 1.807) is 4.90 Å². The van der Waals surface area contributed by atoms with Crippen LogP contribution in [-0.4, -0.2) is 90.1 Å². The van der Waals surface area contributed by atoms with Gasteiger partial charge in [-0.25, -0.2) is 25.3 Å². The summed E-state index contributed by atoms with van der Waals surface area (Å²) in [4.78, 5) is 13.1. The zero-order valence-corrected chi connectivity index (χ0v) is 15.9. The lowest BCUT2D eigenvalue weighted by Gasteiger charge is -2.36. The van der Waals surface area contributed by atoms with Crippen molar-refractivity contribution in [3.05, 3.63) is 0 Å². The minimum absolute atomic E-state index is 0.0887. The van der Waals surface area contributed by atoms with E-state index >= 15 is 0 Å². The van der Waals surface area contributed by atoms with Crippen molar-refractivity contribution in [1.82, 2.24) is 13.3 Å². The molecule has 0 aromatic rings. The number of nitrogens with zero attached hydrogens (tertiary/aromatic N) is 2. The molecule has 2 saturated heterocycles. The Morgan fingerprint density at radius 1 is 1.08 bits per heavy atom. The number of sulfonamides is 3. The van der Waals surface area contributed by atoms with Crippen molar-refractivity contribution in [2.75, 3.05) is 39.0 Å². The van der Waals surface area contributed by atoms with Gasteiger partial charge in [0.15, 0.2) is 0 Å². The quantitative estimate of drug-likeness (QED) is 0.449. The van der Waals surface area contributed by atoms with Gasteiger partial charge < -0.3 is 4.74 Å². The molecule has 0 spiro atoms. The number of ether oxygens (including phenoxy) is 1. The summed E-state index contributed by atoms with van der Waals surface area (Å²) in [6.45, 7) is -0.953. The van der Waals surface area contributed by atoms with Crippen molar-refractivity contribution in [2.45, 2.75) is 17.0 Å². The summed E-state index contributed by atoms with van der Waals surface area (Å²) in [5, 5.41) is 0. The first-order valence-electron chi connectivity index (χ1n) is 7.20. The monoisotopic (exact) mass is 441 g/mol. The predicted octanol–water partition coefficient (Wildman–Crippen LogP) is -2.32. The lowest BCUT2D eigenvalue weighted by atomic mass is 10.2. The van der Waals surface area contributed by atoms with E-state index in [9.17, 15) is 38.8 Å². The van der Waals surface area contributed by atoms with Crippen LogP contribution in [0, 0.1) is 0 Å². The number of hydrogen-bond acceptors (Lipinski definition) is 9. The topological polar surface area (TPSA) is 147 Å². The molecule has 0 amide bonds. The fourth-order valence-corrected chi connectivity index (χ4v) is 7.27. The van der Waals surface area contributed by atoms with Gasteiger partial charge in [-0.15, -0.1) is 4.13 Å². The third-order valence-corrected chi connectivity index (χ3v) is 9.49. The molecule has 0 aliphatic carbocycles. The lowest BCUT2D eigenvalue weighted by Crippen LogP contribution is -2.58. The van der Waals surface area contributed by atoms with Gasteiger partial charge in [0, 0.05) is 32.6 Å². The Morgan fingerprint density at radius 3 is 2.04 bits per heavy atom. The van der Waals surface area contributed by atoms with Crippen LogP contribution in [0.1, 0.15) is 6.42 Å². The van der Waals surface area contributed by atoms with E-state index in [1.807, 2.05) is 0 Å². The Kier molecular flexibility index (Phi) is 5.67. The van der Waals surface area contributed by atoms with Crippen LogP contribution in [0.4, 0.5) is 8.78 Å². The molecule has 152 valence electrons. The number of esters is 1. The molecule has 2 rings (SSSR count). The summed E-state index contributed by atoms with van der Waals surface area (Å²) in [6.07, 6.45) is 0.682. The van der Waals surface area contributed by atoms with E-state index in [0.717, 1.165) is 0 Å². The highest BCUT2D eigenvalue weighted by Gasteiger charge is 2.61. The molecule has 16 heteroatoms. The predicted molar refractivity (Wildman–Crippen MR) is 83.3 cm³/mol. The van der Waals surface area contributed by atoms with E-state index in [4.69, 9.17) is 4.74 Å². The second kappa shape index (κ2) is 6.90. The van der Waals surface area contributed by atoms with E-state index in [0.29, 0.717) is 16.8 Å². The Bertz CT molecular complexity index is 878. The number of nitrogens with one attached hydrogen (secondary N) is 1. The number of cyclic esters (lactones) is 1. The van der Waals surface area contributed by atoms with E-state index < -0.39 is 59.8 Å². The average molecular weight is 441 g/mol. The van der Waals surface area contributed by atoms with Crippen LogP contribution in [0.5, 0.6) is 0 Å². The molecule has 0 aromatic heterocycles. The molecule has 2 heterocycles. The Labute approximate surface area is 149 Å². The van der Waals surface area contributed by atoms with Crippen molar-refractivity contribution in [1.29, 1.82) is 0 Å². The molecule has 26 heavy (non-hydrogen) atoms. The summed E-state index contributed by atoms with van der Waals surface area (Å²) in [6, 6.07) is -0.601. The molecular weight excluding hydrogens is 424 g/mol. The Morgan fingerprint density at radius 2 is 1.62 bits per heavy atom. The van der Waals surface area contributed by atoms with Gasteiger partial charge in [0.25, 0.3) is 10.0 Å². The fourth-order valence-electron chi connectivity index (χ4n) is 2.61. The summed E-state index contributed by atoms with van der Waals surface area (Å²) in [5.41, 5.74) is 0. The van der Waals surface area contributed by atoms with E-state index in [-0.39, 0.29) is 24.0 Å². The molecule has 0 aromatic carbocycles. The molecule has 0 radical (unpaired) electrons. The number of piperazine rings is 1. The molecule has 2 aliphatic rings. The second-order valence-electron chi connectivity index (χ2n) is 5.73. The first kappa shape index (κ1) is 21.4. The van der Waals surface area contributed by atoms with Gasteiger partial charge in [0.1, 0.15) is 6.04 Å². The van der Waals surface area contributed by atoms with Crippen LogP contribution in [-0.2, 0) is 39.6 Å². The molecule has 1 N–H and O–H groups in total. The van der Waals surface area contributed by atoms with Gasteiger partial charge in [-0.1, -0.05) is 0 Å².